The summed E-state index contributed by atoms with van der Waals surface area (Å²) in [6, 6.07) is 8.36. The third-order valence-electron chi connectivity index (χ3n) is 3.18. The molecule has 5 nitrogen and oxygen atoms in total. The first-order valence-corrected chi connectivity index (χ1v) is 6.79. The predicted octanol–water partition coefficient (Wildman–Crippen LogP) is 1.17. The Hall–Kier alpha value is -1.88. The number of amides is 1. The van der Waals surface area contributed by atoms with E-state index in [-0.39, 0.29) is 18.2 Å². The van der Waals surface area contributed by atoms with Crippen molar-refractivity contribution in [2.45, 2.75) is 32.2 Å². The van der Waals surface area contributed by atoms with Crippen molar-refractivity contribution in [1.82, 2.24) is 5.32 Å². The van der Waals surface area contributed by atoms with E-state index in [0.717, 1.165) is 5.56 Å². The molecular formula is C15H22N2O3. The minimum Gasteiger partial charge on any atom is -0.480 e. The Bertz CT molecular complexity index is 434. The van der Waals surface area contributed by atoms with E-state index in [1.165, 1.54) is 0 Å². The van der Waals surface area contributed by atoms with Crippen LogP contribution >= 0.6 is 0 Å². The van der Waals surface area contributed by atoms with E-state index in [1.807, 2.05) is 37.3 Å². The fourth-order valence-electron chi connectivity index (χ4n) is 1.81. The first-order chi connectivity index (χ1) is 9.52. The second-order valence-electron chi connectivity index (χ2n) is 5.03. The van der Waals surface area contributed by atoms with Crippen LogP contribution < -0.4 is 11.1 Å². The summed E-state index contributed by atoms with van der Waals surface area (Å²) in [5.74, 6) is -0.999. The number of rotatable bonds is 8. The summed E-state index contributed by atoms with van der Waals surface area (Å²) in [4.78, 5) is 23.0. The molecular weight excluding hydrogens is 256 g/mol. The monoisotopic (exact) mass is 278 g/mol. The van der Waals surface area contributed by atoms with Gasteiger partial charge >= 0.3 is 5.97 Å². The maximum Gasteiger partial charge on any atom is 0.326 e. The highest BCUT2D eigenvalue weighted by Gasteiger charge is 2.20. The summed E-state index contributed by atoms with van der Waals surface area (Å²) in [5, 5.41) is 11.7. The van der Waals surface area contributed by atoms with Crippen molar-refractivity contribution in [2.75, 3.05) is 6.54 Å². The molecule has 0 saturated heterocycles. The number of nitrogens with two attached hydrogens (primary N) is 1. The second kappa shape index (κ2) is 8.32. The molecule has 0 fully saturated rings. The average molecular weight is 278 g/mol. The lowest BCUT2D eigenvalue weighted by atomic mass is 10.0. The smallest absolute Gasteiger partial charge is 0.326 e. The van der Waals surface area contributed by atoms with Gasteiger partial charge in [-0.1, -0.05) is 37.3 Å². The van der Waals surface area contributed by atoms with Gasteiger partial charge in [0, 0.05) is 12.8 Å². The zero-order valence-corrected chi connectivity index (χ0v) is 11.7. The van der Waals surface area contributed by atoms with Crippen molar-refractivity contribution < 1.29 is 14.7 Å². The van der Waals surface area contributed by atoms with Gasteiger partial charge in [0.1, 0.15) is 6.04 Å². The summed E-state index contributed by atoms with van der Waals surface area (Å²) in [7, 11) is 0. The number of carbonyl (C=O) groups excluding carboxylic acids is 1. The summed E-state index contributed by atoms with van der Waals surface area (Å²) in [6.45, 7) is 2.49. The van der Waals surface area contributed by atoms with Crippen molar-refractivity contribution in [3.63, 3.8) is 0 Å². The molecule has 0 spiro atoms. The Kier molecular flexibility index (Phi) is 6.73. The number of nitrogens with one attached hydrogen (secondary N) is 1. The number of hydrogen-bond acceptors (Lipinski definition) is 3. The Morgan fingerprint density at radius 2 is 1.95 bits per heavy atom. The largest absolute Gasteiger partial charge is 0.480 e. The molecule has 0 aliphatic heterocycles. The van der Waals surface area contributed by atoms with E-state index in [4.69, 9.17) is 5.73 Å². The normalized spacial score (nSPS) is 13.5. The van der Waals surface area contributed by atoms with Crippen LogP contribution in [0.3, 0.4) is 0 Å². The van der Waals surface area contributed by atoms with E-state index in [9.17, 15) is 14.7 Å². The van der Waals surface area contributed by atoms with Crippen LogP contribution in [0.15, 0.2) is 30.3 Å². The van der Waals surface area contributed by atoms with E-state index < -0.39 is 12.0 Å². The number of benzene rings is 1. The maximum atomic E-state index is 11.8. The lowest BCUT2D eigenvalue weighted by molar-refractivity contribution is -0.141. The zero-order chi connectivity index (χ0) is 15.0. The Balaban J connectivity index is 2.51. The van der Waals surface area contributed by atoms with Gasteiger partial charge in [-0.25, -0.2) is 4.79 Å². The van der Waals surface area contributed by atoms with Crippen LogP contribution in [0.25, 0.3) is 0 Å². The molecule has 0 aliphatic carbocycles. The molecule has 0 radical (unpaired) electrons. The highest BCUT2D eigenvalue weighted by Crippen LogP contribution is 2.06. The summed E-state index contributed by atoms with van der Waals surface area (Å²) in [5.41, 5.74) is 6.37. The molecule has 1 rings (SSSR count). The predicted molar refractivity (Wildman–Crippen MR) is 77.2 cm³/mol. The van der Waals surface area contributed by atoms with Crippen LogP contribution in [0.4, 0.5) is 0 Å². The first kappa shape index (κ1) is 16.2. The molecule has 1 amide bonds. The summed E-state index contributed by atoms with van der Waals surface area (Å²) < 4.78 is 0. The maximum absolute atomic E-state index is 11.8. The molecule has 0 aromatic heterocycles. The fourth-order valence-corrected chi connectivity index (χ4v) is 1.81. The van der Waals surface area contributed by atoms with Crippen molar-refractivity contribution in [2.24, 2.45) is 11.7 Å². The summed E-state index contributed by atoms with van der Waals surface area (Å²) >= 11 is 0. The minimum atomic E-state index is -1.02. The topological polar surface area (TPSA) is 92.4 Å². The summed E-state index contributed by atoms with van der Waals surface area (Å²) in [6.07, 6.45) is 1.26. The number of carboxylic acid groups (broad SMARTS) is 1. The lowest BCUT2D eigenvalue weighted by Gasteiger charge is -2.15. The highest BCUT2D eigenvalue weighted by molar-refractivity contribution is 5.83. The lowest BCUT2D eigenvalue weighted by Crippen LogP contribution is -2.42. The molecule has 2 unspecified atom stereocenters. The van der Waals surface area contributed by atoms with Crippen molar-refractivity contribution in [3.8, 4) is 0 Å². The van der Waals surface area contributed by atoms with Gasteiger partial charge in [-0.2, -0.15) is 0 Å². The van der Waals surface area contributed by atoms with Gasteiger partial charge in [0.25, 0.3) is 0 Å². The van der Waals surface area contributed by atoms with Crippen LogP contribution in [0.5, 0.6) is 0 Å². The second-order valence-corrected chi connectivity index (χ2v) is 5.03. The van der Waals surface area contributed by atoms with Gasteiger partial charge < -0.3 is 16.2 Å². The Labute approximate surface area is 119 Å². The van der Waals surface area contributed by atoms with E-state index in [2.05, 4.69) is 5.32 Å². The third-order valence-corrected chi connectivity index (χ3v) is 3.18. The number of carboxylic acids is 1. The molecule has 20 heavy (non-hydrogen) atoms. The van der Waals surface area contributed by atoms with Crippen LogP contribution in [0.1, 0.15) is 25.3 Å². The highest BCUT2D eigenvalue weighted by atomic mass is 16.4. The van der Waals surface area contributed by atoms with Gasteiger partial charge in [-0.3, -0.25) is 4.79 Å². The molecule has 4 N–H and O–H groups in total. The molecule has 5 heteroatoms. The van der Waals surface area contributed by atoms with E-state index in [0.29, 0.717) is 19.4 Å². The van der Waals surface area contributed by atoms with Gasteiger partial charge in [-0.05, 0) is 24.4 Å². The van der Waals surface area contributed by atoms with Gasteiger partial charge in [-0.15, -0.1) is 0 Å². The molecule has 110 valence electrons. The third kappa shape index (κ3) is 5.84. The number of hydrogen-bond donors (Lipinski definition) is 3. The molecule has 0 aliphatic rings. The number of carbonyl (C=O) groups is 2. The Morgan fingerprint density at radius 3 is 2.50 bits per heavy atom. The SMILES string of the molecule is CC(CN)CCC(=O)NC(Cc1ccccc1)C(=O)O. The quantitative estimate of drug-likeness (QED) is 0.665. The van der Waals surface area contributed by atoms with Gasteiger partial charge in [0.15, 0.2) is 0 Å². The molecule has 1 aromatic rings. The van der Waals surface area contributed by atoms with E-state index >= 15 is 0 Å². The van der Waals surface area contributed by atoms with Crippen molar-refractivity contribution in [3.05, 3.63) is 35.9 Å². The Morgan fingerprint density at radius 1 is 1.30 bits per heavy atom. The molecule has 2 atom stereocenters. The van der Waals surface area contributed by atoms with Crippen LogP contribution in [0, 0.1) is 5.92 Å². The van der Waals surface area contributed by atoms with E-state index in [1.54, 1.807) is 0 Å². The molecule has 0 saturated carbocycles. The molecule has 0 heterocycles. The van der Waals surface area contributed by atoms with Crippen LogP contribution in [-0.4, -0.2) is 29.6 Å². The first-order valence-electron chi connectivity index (χ1n) is 6.79. The number of aliphatic carboxylic acids is 1. The average Bonchev–Trinajstić information content (AvgIpc) is 2.45. The van der Waals surface area contributed by atoms with Crippen LogP contribution in [-0.2, 0) is 16.0 Å². The molecule has 1 aromatic carbocycles. The zero-order valence-electron chi connectivity index (χ0n) is 11.7. The van der Waals surface area contributed by atoms with Gasteiger partial charge in [0.2, 0.25) is 5.91 Å². The fraction of sp³-hybridized carbons (Fsp3) is 0.467. The van der Waals surface area contributed by atoms with Crippen molar-refractivity contribution in [1.29, 1.82) is 0 Å². The van der Waals surface area contributed by atoms with Crippen molar-refractivity contribution >= 4 is 11.9 Å². The molecule has 0 bridgehead atoms. The minimum absolute atomic E-state index is 0.242. The standard InChI is InChI=1S/C15H22N2O3/c1-11(10-16)7-8-14(18)17-13(15(19)20)9-12-5-3-2-4-6-12/h2-6,11,13H,7-10,16H2,1H3,(H,17,18)(H,19,20). The van der Waals surface area contributed by atoms with Gasteiger partial charge in [0.05, 0.1) is 0 Å². The van der Waals surface area contributed by atoms with Crippen LogP contribution in [0.2, 0.25) is 0 Å².